The van der Waals surface area contributed by atoms with Crippen molar-refractivity contribution in [3.63, 3.8) is 0 Å². The fourth-order valence-electron chi connectivity index (χ4n) is 6.27. The smallest absolute Gasteiger partial charge is 0.249 e. The maximum absolute atomic E-state index is 16.6. The fourth-order valence-corrected chi connectivity index (χ4v) is 6.53. The summed E-state index contributed by atoms with van der Waals surface area (Å²) in [5.74, 6) is -3.20. The van der Waals surface area contributed by atoms with Crippen LogP contribution in [0, 0.1) is 11.6 Å². The third-order valence-corrected chi connectivity index (χ3v) is 8.48. The Hall–Kier alpha value is -4.12. The number of amides is 1. The number of aromatic nitrogens is 2. The molecule has 4 heterocycles. The molecule has 4 N–H and O–H groups in total. The Morgan fingerprint density at radius 3 is 2.66 bits per heavy atom. The van der Waals surface area contributed by atoms with E-state index in [1.165, 1.54) is 24.5 Å². The lowest BCUT2D eigenvalue weighted by atomic mass is 9.80. The number of benzene rings is 3. The summed E-state index contributed by atoms with van der Waals surface area (Å²) in [5.41, 5.74) is 5.36. The van der Waals surface area contributed by atoms with Crippen molar-refractivity contribution in [1.82, 2.24) is 15.3 Å². The number of carbonyl (C=O) groups is 1. The first-order valence-electron chi connectivity index (χ1n) is 13.1. The van der Waals surface area contributed by atoms with E-state index in [1.54, 1.807) is 0 Å². The van der Waals surface area contributed by atoms with Gasteiger partial charge in [0, 0.05) is 47.1 Å². The quantitative estimate of drug-likeness (QED) is 0.315. The average Bonchev–Trinajstić information content (AvgIpc) is 3.65. The molecule has 208 valence electrons. The van der Waals surface area contributed by atoms with Crippen molar-refractivity contribution in [2.45, 2.75) is 37.0 Å². The number of carbonyl (C=O) groups excluding carboxylic acids is 1. The standard InChI is InChI=1S/C30H23ClF2N4O4/c31-23-18(32)12-19-17(13-30(41-19,20-7-4-8-35-20)14-5-2-1-3-6-14)21(23)22-15(28(34)39)11-16-26(38)25-29(37-10-9-36-25)40-27(16)24(22)33/h1-3,5-6,9-12,20,26,35,38H,4,7-8,13H2,(H2,34,39)/t20-,26?,30-/m0/s1. The molecule has 3 atom stereocenters. The third kappa shape index (κ3) is 3.82. The first kappa shape index (κ1) is 25.8. The number of aliphatic hydroxyl groups excluding tert-OH is 1. The zero-order valence-corrected chi connectivity index (χ0v) is 22.2. The number of rotatable bonds is 4. The predicted octanol–water partition coefficient (Wildman–Crippen LogP) is 4.94. The molecule has 1 saturated heterocycles. The predicted molar refractivity (Wildman–Crippen MR) is 145 cm³/mol. The molecule has 1 aromatic heterocycles. The van der Waals surface area contributed by atoms with Crippen LogP contribution in [0.1, 0.15) is 51.7 Å². The first-order chi connectivity index (χ1) is 19.8. The lowest BCUT2D eigenvalue weighted by Crippen LogP contribution is -2.48. The van der Waals surface area contributed by atoms with Crippen LogP contribution in [-0.2, 0) is 12.0 Å². The second-order valence-electron chi connectivity index (χ2n) is 10.4. The van der Waals surface area contributed by atoms with Gasteiger partial charge in [0.25, 0.3) is 0 Å². The monoisotopic (exact) mass is 576 g/mol. The van der Waals surface area contributed by atoms with Crippen molar-refractivity contribution in [3.8, 4) is 28.5 Å². The van der Waals surface area contributed by atoms with Crippen LogP contribution in [0.15, 0.2) is 54.9 Å². The molecule has 1 fully saturated rings. The molecule has 3 aliphatic rings. The lowest BCUT2D eigenvalue weighted by molar-refractivity contribution is 0.0539. The van der Waals surface area contributed by atoms with Gasteiger partial charge in [-0.15, -0.1) is 0 Å². The molecule has 11 heteroatoms. The first-order valence-corrected chi connectivity index (χ1v) is 13.5. The minimum absolute atomic E-state index is 0.0531. The molecule has 0 spiro atoms. The highest BCUT2D eigenvalue weighted by Gasteiger charge is 2.50. The third-order valence-electron chi connectivity index (χ3n) is 8.11. The van der Waals surface area contributed by atoms with Crippen LogP contribution >= 0.6 is 11.6 Å². The van der Waals surface area contributed by atoms with Crippen molar-refractivity contribution in [1.29, 1.82) is 0 Å². The van der Waals surface area contributed by atoms with Crippen LogP contribution in [0.3, 0.4) is 0 Å². The number of hydrogen-bond donors (Lipinski definition) is 3. The van der Waals surface area contributed by atoms with Crippen molar-refractivity contribution >= 4 is 17.5 Å². The van der Waals surface area contributed by atoms with Crippen LogP contribution in [0.4, 0.5) is 8.78 Å². The fraction of sp³-hybridized carbons (Fsp3) is 0.233. The van der Waals surface area contributed by atoms with Gasteiger partial charge in [0.2, 0.25) is 11.8 Å². The Morgan fingerprint density at radius 1 is 1.15 bits per heavy atom. The minimum atomic E-state index is -1.44. The number of ether oxygens (including phenoxy) is 2. The molecular weight excluding hydrogens is 554 g/mol. The minimum Gasteiger partial charge on any atom is -0.480 e. The number of nitrogens with zero attached hydrogens (tertiary/aromatic N) is 2. The van der Waals surface area contributed by atoms with Crippen molar-refractivity contribution in [2.75, 3.05) is 6.54 Å². The largest absolute Gasteiger partial charge is 0.480 e. The normalized spacial score (nSPS) is 22.3. The van der Waals surface area contributed by atoms with E-state index in [1.807, 2.05) is 30.3 Å². The summed E-state index contributed by atoms with van der Waals surface area (Å²) >= 11 is 6.57. The second kappa shape index (κ2) is 9.47. The summed E-state index contributed by atoms with van der Waals surface area (Å²) in [7, 11) is 0. The molecular formula is C30H23ClF2N4O4. The molecule has 3 aromatic carbocycles. The molecule has 8 nitrogen and oxygen atoms in total. The molecule has 4 aromatic rings. The van der Waals surface area contributed by atoms with Gasteiger partial charge in [-0.05, 0) is 31.0 Å². The number of hydrogen-bond acceptors (Lipinski definition) is 7. The molecule has 0 saturated carbocycles. The van der Waals surface area contributed by atoms with Gasteiger partial charge in [-0.25, -0.2) is 13.8 Å². The summed E-state index contributed by atoms with van der Waals surface area (Å²) in [6.07, 6.45) is 3.19. The van der Waals surface area contributed by atoms with Gasteiger partial charge in [0.1, 0.15) is 23.4 Å². The molecule has 1 unspecified atom stereocenters. The Bertz CT molecular complexity index is 1730. The number of nitrogens with two attached hydrogens (primary N) is 1. The molecule has 0 aliphatic carbocycles. The molecule has 7 rings (SSSR count). The van der Waals surface area contributed by atoms with E-state index in [0.717, 1.165) is 24.9 Å². The van der Waals surface area contributed by atoms with Gasteiger partial charge in [-0.2, -0.15) is 0 Å². The number of aliphatic hydroxyl groups is 1. The van der Waals surface area contributed by atoms with Crippen molar-refractivity contribution < 1.29 is 28.2 Å². The number of nitrogens with one attached hydrogen (secondary N) is 1. The van der Waals surface area contributed by atoms with Gasteiger partial charge in [0.05, 0.1) is 16.6 Å². The van der Waals surface area contributed by atoms with E-state index in [2.05, 4.69) is 15.3 Å². The molecule has 0 radical (unpaired) electrons. The molecule has 1 amide bonds. The highest BCUT2D eigenvalue weighted by molar-refractivity contribution is 6.34. The highest BCUT2D eigenvalue weighted by Crippen LogP contribution is 2.54. The van der Waals surface area contributed by atoms with E-state index in [0.29, 0.717) is 5.56 Å². The summed E-state index contributed by atoms with van der Waals surface area (Å²) in [5, 5.41) is 14.1. The van der Waals surface area contributed by atoms with E-state index in [4.69, 9.17) is 26.8 Å². The number of halogens is 3. The van der Waals surface area contributed by atoms with E-state index in [9.17, 15) is 9.90 Å². The maximum Gasteiger partial charge on any atom is 0.249 e. The Morgan fingerprint density at radius 2 is 1.93 bits per heavy atom. The van der Waals surface area contributed by atoms with Crippen LogP contribution in [0.2, 0.25) is 5.02 Å². The SMILES string of the molecule is NC(=O)c1cc2c(c(F)c1-c1c(Cl)c(F)cc3c1C[C@](c1ccccc1)([C@@H]1CCCN1)O3)Oc1nccnc1C2O. The van der Waals surface area contributed by atoms with E-state index in [-0.39, 0.29) is 57.8 Å². The molecule has 41 heavy (non-hydrogen) atoms. The van der Waals surface area contributed by atoms with Crippen LogP contribution in [0.5, 0.6) is 17.4 Å². The number of primary amides is 1. The summed E-state index contributed by atoms with van der Waals surface area (Å²) in [4.78, 5) is 20.9. The lowest BCUT2D eigenvalue weighted by Gasteiger charge is -2.35. The topological polar surface area (TPSA) is 120 Å². The number of fused-ring (bicyclic) bond motifs is 3. The van der Waals surface area contributed by atoms with Crippen LogP contribution in [0.25, 0.3) is 11.1 Å². The van der Waals surface area contributed by atoms with Gasteiger partial charge in [-0.1, -0.05) is 41.9 Å². The Balaban J connectivity index is 1.47. The zero-order valence-electron chi connectivity index (χ0n) is 21.5. The van der Waals surface area contributed by atoms with E-state index < -0.39 is 34.3 Å². The van der Waals surface area contributed by atoms with Crippen LogP contribution < -0.4 is 20.5 Å². The van der Waals surface area contributed by atoms with Crippen molar-refractivity contribution in [3.05, 3.63) is 99.5 Å². The summed E-state index contributed by atoms with van der Waals surface area (Å²) < 4.78 is 44.4. The maximum atomic E-state index is 16.6. The summed E-state index contributed by atoms with van der Waals surface area (Å²) in [6, 6.07) is 11.8. The van der Waals surface area contributed by atoms with Crippen molar-refractivity contribution in [2.24, 2.45) is 5.73 Å². The zero-order chi connectivity index (χ0) is 28.5. The highest BCUT2D eigenvalue weighted by atomic mass is 35.5. The molecule has 3 aliphatic heterocycles. The summed E-state index contributed by atoms with van der Waals surface area (Å²) in [6.45, 7) is 0.788. The van der Waals surface area contributed by atoms with Gasteiger partial charge >= 0.3 is 0 Å². The van der Waals surface area contributed by atoms with Gasteiger partial charge in [-0.3, -0.25) is 9.78 Å². The van der Waals surface area contributed by atoms with Crippen LogP contribution in [-0.4, -0.2) is 33.6 Å². The van der Waals surface area contributed by atoms with Gasteiger partial charge < -0.3 is 25.6 Å². The Kier molecular flexibility index (Phi) is 5.97. The Labute approximate surface area is 238 Å². The average molecular weight is 577 g/mol. The molecule has 0 bridgehead atoms. The van der Waals surface area contributed by atoms with Gasteiger partial charge in [0.15, 0.2) is 17.2 Å². The second-order valence-corrected chi connectivity index (χ2v) is 10.7. The van der Waals surface area contributed by atoms with E-state index >= 15 is 8.78 Å².